The maximum absolute atomic E-state index is 6.67. The van der Waals surface area contributed by atoms with Crippen LogP contribution in [0.15, 0.2) is 30.3 Å². The summed E-state index contributed by atoms with van der Waals surface area (Å²) in [4.78, 5) is 0. The van der Waals surface area contributed by atoms with Crippen molar-refractivity contribution in [1.82, 2.24) is 0 Å². The topological polar surface area (TPSA) is 20.2 Å². The average Bonchev–Trinajstić information content (AvgIpc) is 2.16. The molecule has 11 heavy (non-hydrogen) atoms. The molecular weight excluding hydrogens is 136 g/mol. The van der Waals surface area contributed by atoms with Crippen LogP contribution < -0.4 is 0 Å². The van der Waals surface area contributed by atoms with Crippen LogP contribution in [0.25, 0.3) is 0 Å². The number of rotatable bonds is 4. The van der Waals surface area contributed by atoms with Gasteiger partial charge in [-0.15, -0.1) is 0 Å². The number of hydrogen-bond donors (Lipinski definition) is 1. The second kappa shape index (κ2) is 4.14. The van der Waals surface area contributed by atoms with Crippen molar-refractivity contribution in [1.29, 1.82) is 1.43 Å². The van der Waals surface area contributed by atoms with Gasteiger partial charge in [-0.3, -0.25) is 0 Å². The minimum atomic E-state index is 0.0326. The predicted octanol–water partition coefficient (Wildman–Crippen LogP) is 2.00. The van der Waals surface area contributed by atoms with Gasteiger partial charge in [0.1, 0.15) is 0 Å². The molecule has 0 amide bonds. The second-order valence-electron chi connectivity index (χ2n) is 2.83. The Hall–Kier alpha value is -0.820. The standard InChI is InChI=1S/C10H14O/c1-9(11)7-8-10-5-3-2-4-6-10/h2-6,9,11H,7-8H2,1H3/i11D. The molecule has 60 valence electrons. The fourth-order valence-corrected chi connectivity index (χ4v) is 1.01. The lowest BCUT2D eigenvalue weighted by Crippen LogP contribution is -2.00. The summed E-state index contributed by atoms with van der Waals surface area (Å²) in [6.07, 6.45) is 1.93. The Morgan fingerprint density at radius 3 is 2.82 bits per heavy atom. The predicted molar refractivity (Wildman–Crippen MR) is 46.4 cm³/mol. The third kappa shape index (κ3) is 3.19. The lowest BCUT2D eigenvalue weighted by molar-refractivity contribution is 0.185. The van der Waals surface area contributed by atoms with Crippen molar-refractivity contribution in [3.63, 3.8) is 0 Å². The van der Waals surface area contributed by atoms with Crippen LogP contribution in [0, 0.1) is 0 Å². The molecule has 1 unspecified atom stereocenters. The van der Waals surface area contributed by atoms with Crippen molar-refractivity contribution in [2.24, 2.45) is 0 Å². The second-order valence-corrected chi connectivity index (χ2v) is 2.83. The fourth-order valence-electron chi connectivity index (χ4n) is 1.01. The van der Waals surface area contributed by atoms with Crippen molar-refractivity contribution < 1.29 is 5.11 Å². The average molecular weight is 151 g/mol. The van der Waals surface area contributed by atoms with Crippen LogP contribution in [-0.4, -0.2) is 12.6 Å². The van der Waals surface area contributed by atoms with Gasteiger partial charge in [-0.1, -0.05) is 30.3 Å². The molecule has 0 saturated heterocycles. The number of aliphatic hydroxyl groups is 1. The molecule has 1 heteroatoms. The van der Waals surface area contributed by atoms with E-state index in [-0.39, 0.29) is 6.10 Å². The Balaban J connectivity index is 2.33. The van der Waals surface area contributed by atoms with Crippen LogP contribution >= 0.6 is 0 Å². The van der Waals surface area contributed by atoms with E-state index in [1.165, 1.54) is 5.56 Å². The number of benzene rings is 1. The first-order valence-electron chi connectivity index (χ1n) is 4.39. The molecule has 1 aromatic rings. The normalized spacial score (nSPS) is 14.1. The third-order valence-corrected chi connectivity index (χ3v) is 1.68. The molecule has 1 N–H and O–H groups in total. The van der Waals surface area contributed by atoms with Crippen LogP contribution in [0.1, 0.15) is 18.9 Å². The summed E-state index contributed by atoms with van der Waals surface area (Å²) < 4.78 is 6.67. The van der Waals surface area contributed by atoms with Crippen molar-refractivity contribution in [3.05, 3.63) is 35.9 Å². The van der Waals surface area contributed by atoms with Gasteiger partial charge in [0.15, 0.2) is 0 Å². The molecular formula is C10H14O. The summed E-state index contributed by atoms with van der Waals surface area (Å²) in [6, 6.07) is 10.3. The highest BCUT2D eigenvalue weighted by molar-refractivity contribution is 5.14. The van der Waals surface area contributed by atoms with Crippen LogP contribution in [0.2, 0.25) is 0 Å². The molecule has 0 spiro atoms. The van der Waals surface area contributed by atoms with Crippen LogP contribution in [0.4, 0.5) is 0 Å². The first kappa shape index (κ1) is 6.86. The molecule has 0 aliphatic heterocycles. The Kier molecular flexibility index (Phi) is 2.58. The van der Waals surface area contributed by atoms with Gasteiger partial charge in [-0.05, 0) is 25.3 Å². The zero-order valence-electron chi connectivity index (χ0n) is 7.79. The summed E-state index contributed by atoms with van der Waals surface area (Å²) in [7, 11) is 0. The van der Waals surface area contributed by atoms with Crippen LogP contribution in [0.5, 0.6) is 0 Å². The summed E-state index contributed by atoms with van der Waals surface area (Å²) in [5, 5.41) is 4.42. The van der Waals surface area contributed by atoms with Gasteiger partial charge < -0.3 is 5.11 Å². The molecule has 1 nitrogen and oxygen atoms in total. The van der Waals surface area contributed by atoms with E-state index in [0.29, 0.717) is 0 Å². The van der Waals surface area contributed by atoms with E-state index in [9.17, 15) is 0 Å². The molecule has 0 saturated carbocycles. The van der Waals surface area contributed by atoms with Crippen LogP contribution in [-0.2, 0) is 6.42 Å². The number of hydrogen-bond acceptors (Lipinski definition) is 1. The minimum Gasteiger partial charge on any atom is -0.393 e. The van der Waals surface area contributed by atoms with E-state index in [2.05, 4.69) is 17.2 Å². The first-order chi connectivity index (χ1) is 5.83. The van der Waals surface area contributed by atoms with Crippen molar-refractivity contribution >= 4 is 0 Å². The molecule has 1 atom stereocenters. The van der Waals surface area contributed by atoms with E-state index in [1.54, 1.807) is 0 Å². The molecule has 0 aliphatic rings. The number of aliphatic hydroxyl groups excluding tert-OH is 1. The Morgan fingerprint density at radius 2 is 2.18 bits per heavy atom. The Bertz CT molecular complexity index is 210. The van der Waals surface area contributed by atoms with Gasteiger partial charge >= 0.3 is 0 Å². The third-order valence-electron chi connectivity index (χ3n) is 1.68. The van der Waals surface area contributed by atoms with Gasteiger partial charge in [0, 0.05) is 0 Å². The largest absolute Gasteiger partial charge is 0.393 e. The van der Waals surface area contributed by atoms with Gasteiger partial charge in [0.25, 0.3) is 0 Å². The Morgan fingerprint density at radius 1 is 1.45 bits per heavy atom. The van der Waals surface area contributed by atoms with E-state index in [4.69, 9.17) is 1.43 Å². The lowest BCUT2D eigenvalue weighted by Gasteiger charge is -2.02. The molecule has 0 aliphatic carbocycles. The summed E-state index contributed by atoms with van der Waals surface area (Å²) >= 11 is 0. The molecule has 0 radical (unpaired) electrons. The zero-order chi connectivity index (χ0) is 8.81. The molecule has 0 bridgehead atoms. The quantitative estimate of drug-likeness (QED) is 0.697. The number of aryl methyl sites for hydroxylation is 1. The minimum absolute atomic E-state index is 0.0326. The van der Waals surface area contributed by atoms with E-state index < -0.39 is 0 Å². The van der Waals surface area contributed by atoms with Gasteiger partial charge in [0.2, 0.25) is 1.43 Å². The smallest absolute Gasteiger partial charge is 0.210 e. The molecule has 0 fully saturated rings. The fraction of sp³-hybridized carbons (Fsp3) is 0.400. The van der Waals surface area contributed by atoms with Crippen LogP contribution in [0.3, 0.4) is 0 Å². The SMILES string of the molecule is [2H]OC(C)CCc1ccccc1. The Labute approximate surface area is 69.2 Å². The highest BCUT2D eigenvalue weighted by Crippen LogP contribution is 2.03. The molecule has 0 aromatic heterocycles. The highest BCUT2D eigenvalue weighted by atomic mass is 16.3. The summed E-state index contributed by atoms with van der Waals surface area (Å²) in [6.45, 7) is 1.91. The molecule has 1 aromatic carbocycles. The van der Waals surface area contributed by atoms with E-state index >= 15 is 0 Å². The van der Waals surface area contributed by atoms with Crippen molar-refractivity contribution in [2.45, 2.75) is 25.9 Å². The van der Waals surface area contributed by atoms with Gasteiger partial charge in [-0.25, -0.2) is 0 Å². The van der Waals surface area contributed by atoms with E-state index in [0.717, 1.165) is 12.8 Å². The van der Waals surface area contributed by atoms with Gasteiger partial charge in [-0.2, -0.15) is 0 Å². The lowest BCUT2D eigenvalue weighted by atomic mass is 10.1. The zero-order valence-corrected chi connectivity index (χ0v) is 6.79. The van der Waals surface area contributed by atoms with Crippen molar-refractivity contribution in [3.8, 4) is 0 Å². The van der Waals surface area contributed by atoms with Crippen molar-refractivity contribution in [2.75, 3.05) is 0 Å². The summed E-state index contributed by atoms with van der Waals surface area (Å²) in [5.41, 5.74) is 1.31. The van der Waals surface area contributed by atoms with Gasteiger partial charge in [0.05, 0.1) is 6.10 Å². The summed E-state index contributed by atoms with van der Waals surface area (Å²) in [5.74, 6) is 0. The molecule has 1 rings (SSSR count). The maximum atomic E-state index is 6.67. The van der Waals surface area contributed by atoms with E-state index in [1.807, 2.05) is 25.1 Å². The molecule has 0 heterocycles. The monoisotopic (exact) mass is 151 g/mol. The highest BCUT2D eigenvalue weighted by Gasteiger charge is 1.95. The maximum Gasteiger partial charge on any atom is 0.210 e. The first-order valence-corrected chi connectivity index (χ1v) is 3.99.